The number of nitrogens with one attached hydrogen (secondary N) is 3. The molecule has 25 heavy (non-hydrogen) atoms. The van der Waals surface area contributed by atoms with E-state index in [4.69, 9.17) is 5.73 Å². The van der Waals surface area contributed by atoms with E-state index in [9.17, 15) is 0 Å². The number of nitrogens with two attached hydrogens (primary N) is 1. The molecule has 2 aromatic heterocycles. The maximum Gasteiger partial charge on any atom is 0.175 e. The quantitative estimate of drug-likeness (QED) is 0.409. The molecule has 0 atom stereocenters. The fraction of sp³-hybridized carbons (Fsp3) is 0.176. The lowest BCUT2D eigenvalue weighted by molar-refractivity contribution is 0.964. The van der Waals surface area contributed by atoms with Gasteiger partial charge in [-0.1, -0.05) is 0 Å². The van der Waals surface area contributed by atoms with E-state index in [1.807, 2.05) is 24.3 Å². The fourth-order valence-electron chi connectivity index (χ4n) is 2.46. The van der Waals surface area contributed by atoms with Gasteiger partial charge in [0.25, 0.3) is 0 Å². The summed E-state index contributed by atoms with van der Waals surface area (Å²) < 4.78 is 0. The highest BCUT2D eigenvalue weighted by atomic mass is 15.2. The van der Waals surface area contributed by atoms with Crippen LogP contribution in [0.15, 0.2) is 52.9 Å². The second-order valence-corrected chi connectivity index (χ2v) is 5.87. The molecule has 4 rings (SSSR count). The zero-order chi connectivity index (χ0) is 17.1. The lowest BCUT2D eigenvalue weighted by Gasteiger charge is -1.98. The number of hydrogen-bond acceptors (Lipinski definition) is 4. The fourth-order valence-corrected chi connectivity index (χ4v) is 2.46. The van der Waals surface area contributed by atoms with Crippen LogP contribution in [0.5, 0.6) is 0 Å². The Morgan fingerprint density at radius 3 is 3.12 bits per heavy atom. The molecule has 1 fully saturated rings. The van der Waals surface area contributed by atoms with Gasteiger partial charge in [0.15, 0.2) is 5.82 Å². The van der Waals surface area contributed by atoms with Gasteiger partial charge >= 0.3 is 0 Å². The van der Waals surface area contributed by atoms with Crippen molar-refractivity contribution in [1.29, 1.82) is 0 Å². The van der Waals surface area contributed by atoms with Crippen molar-refractivity contribution in [3.8, 4) is 0 Å². The van der Waals surface area contributed by atoms with E-state index < -0.39 is 0 Å². The molecule has 5 N–H and O–H groups in total. The Kier molecular flexibility index (Phi) is 3.99. The molecule has 3 aromatic rings. The third kappa shape index (κ3) is 3.74. The summed E-state index contributed by atoms with van der Waals surface area (Å²) in [7, 11) is 0. The molecule has 0 spiro atoms. The first-order valence-corrected chi connectivity index (χ1v) is 8.05. The molecule has 1 aliphatic rings. The number of hydrogen-bond donors (Lipinski definition) is 4. The van der Waals surface area contributed by atoms with Crippen molar-refractivity contribution in [2.45, 2.75) is 18.8 Å². The summed E-state index contributed by atoms with van der Waals surface area (Å²) in [6.07, 6.45) is 8.89. The Bertz CT molecular complexity index is 958. The topological polar surface area (TPSA) is 120 Å². The molecular weight excluding hydrogens is 316 g/mol. The number of anilines is 1. The van der Waals surface area contributed by atoms with Crippen LogP contribution in [0.3, 0.4) is 0 Å². The van der Waals surface area contributed by atoms with E-state index >= 15 is 0 Å². The smallest absolute Gasteiger partial charge is 0.175 e. The normalized spacial score (nSPS) is 15.6. The minimum Gasteiger partial charge on any atom is -0.384 e. The highest BCUT2D eigenvalue weighted by Gasteiger charge is 2.25. The van der Waals surface area contributed by atoms with E-state index in [2.05, 4.69) is 35.5 Å². The van der Waals surface area contributed by atoms with Crippen molar-refractivity contribution < 1.29 is 0 Å². The summed E-state index contributed by atoms with van der Waals surface area (Å²) in [4.78, 5) is 15.6. The average molecular weight is 334 g/mol. The minimum atomic E-state index is 0.352. The predicted molar refractivity (Wildman–Crippen MR) is 99.2 cm³/mol. The van der Waals surface area contributed by atoms with Crippen LogP contribution in [0.2, 0.25) is 0 Å². The van der Waals surface area contributed by atoms with Gasteiger partial charge in [-0.05, 0) is 37.1 Å². The zero-order valence-electron chi connectivity index (χ0n) is 13.5. The lowest BCUT2D eigenvalue weighted by Crippen LogP contribution is -2.06. The van der Waals surface area contributed by atoms with Gasteiger partial charge in [-0.3, -0.25) is 5.10 Å². The number of aromatic nitrogens is 4. The first-order valence-electron chi connectivity index (χ1n) is 8.05. The number of aliphatic imine (C=N–C) groups is 2. The van der Waals surface area contributed by atoms with E-state index in [1.54, 1.807) is 24.9 Å². The van der Waals surface area contributed by atoms with Gasteiger partial charge in [0, 0.05) is 29.6 Å². The van der Waals surface area contributed by atoms with Crippen LogP contribution in [0.1, 0.15) is 24.5 Å². The van der Waals surface area contributed by atoms with Gasteiger partial charge in [-0.25, -0.2) is 15.0 Å². The summed E-state index contributed by atoms with van der Waals surface area (Å²) in [6, 6.07) is 7.77. The molecular formula is C17H18N8. The van der Waals surface area contributed by atoms with Crippen molar-refractivity contribution in [1.82, 2.24) is 20.2 Å². The van der Waals surface area contributed by atoms with Crippen molar-refractivity contribution in [2.24, 2.45) is 15.7 Å². The number of benzene rings is 1. The molecule has 0 bridgehead atoms. The maximum absolute atomic E-state index is 5.85. The number of imidazole rings is 1. The molecule has 2 heterocycles. The summed E-state index contributed by atoms with van der Waals surface area (Å²) in [5.74, 6) is 1.56. The van der Waals surface area contributed by atoms with Crippen LogP contribution >= 0.6 is 0 Å². The van der Waals surface area contributed by atoms with Crippen LogP contribution in [0, 0.1) is 0 Å². The van der Waals surface area contributed by atoms with E-state index in [1.165, 1.54) is 12.8 Å². The van der Waals surface area contributed by atoms with Gasteiger partial charge < -0.3 is 16.0 Å². The maximum atomic E-state index is 5.85. The van der Waals surface area contributed by atoms with Crippen LogP contribution < -0.4 is 11.1 Å². The Hall–Kier alpha value is -3.42. The molecule has 0 amide bonds. The van der Waals surface area contributed by atoms with Gasteiger partial charge in [0.2, 0.25) is 0 Å². The molecule has 126 valence electrons. The van der Waals surface area contributed by atoms with Crippen LogP contribution in [-0.4, -0.2) is 32.3 Å². The predicted octanol–water partition coefficient (Wildman–Crippen LogP) is 2.81. The molecule has 8 heteroatoms. The van der Waals surface area contributed by atoms with Gasteiger partial charge in [-0.2, -0.15) is 5.10 Å². The van der Waals surface area contributed by atoms with Gasteiger partial charge in [0.1, 0.15) is 5.84 Å². The second kappa shape index (κ2) is 6.60. The number of amidine groups is 1. The third-order valence-electron chi connectivity index (χ3n) is 3.90. The zero-order valence-corrected chi connectivity index (χ0v) is 13.5. The molecule has 0 aliphatic heterocycles. The van der Waals surface area contributed by atoms with E-state index in [-0.39, 0.29) is 0 Å². The standard InChI is InChI=1S/C17H18N8/c18-16(23-17-8-14(24-25-17)11-1-2-11)5-6-19-9-20-12-3-4-13-15(7-12)22-10-21-13/h3-11H,1-2H2,(H,19,20)(H,21,22)(H3,18,23,24,25)/b6-5-. The highest BCUT2D eigenvalue weighted by molar-refractivity contribution is 5.93. The Balaban J connectivity index is 1.32. The van der Waals surface area contributed by atoms with Crippen LogP contribution in [0.4, 0.5) is 11.5 Å². The van der Waals surface area contributed by atoms with E-state index in [0.717, 1.165) is 22.4 Å². The van der Waals surface area contributed by atoms with Gasteiger partial charge in [0.05, 0.1) is 23.7 Å². The molecule has 0 radical (unpaired) electrons. The van der Waals surface area contributed by atoms with Crippen molar-refractivity contribution in [3.63, 3.8) is 0 Å². The van der Waals surface area contributed by atoms with Crippen molar-refractivity contribution in [2.75, 3.05) is 5.32 Å². The first-order chi connectivity index (χ1) is 12.3. The number of H-pyrrole nitrogens is 2. The SMILES string of the molecule is NC(/C=C\N=CNc1ccc2nc[nH]c2c1)=Nc1cc(C2CC2)[nH]n1. The first kappa shape index (κ1) is 15.1. The van der Waals surface area contributed by atoms with Gasteiger partial charge in [-0.15, -0.1) is 0 Å². The summed E-state index contributed by atoms with van der Waals surface area (Å²) in [6.45, 7) is 0. The number of aromatic amines is 2. The van der Waals surface area contributed by atoms with Crippen molar-refractivity contribution >= 4 is 34.7 Å². The average Bonchev–Trinajstić information content (AvgIpc) is 3.17. The van der Waals surface area contributed by atoms with Crippen molar-refractivity contribution in [3.05, 3.63) is 48.6 Å². The molecule has 0 saturated heterocycles. The Morgan fingerprint density at radius 1 is 1.32 bits per heavy atom. The number of nitrogens with zero attached hydrogens (tertiary/aromatic N) is 4. The second-order valence-electron chi connectivity index (χ2n) is 5.87. The monoisotopic (exact) mass is 334 g/mol. The molecule has 8 nitrogen and oxygen atoms in total. The summed E-state index contributed by atoms with van der Waals surface area (Å²) >= 11 is 0. The summed E-state index contributed by atoms with van der Waals surface area (Å²) in [5.41, 5.74) is 9.80. The largest absolute Gasteiger partial charge is 0.384 e. The number of rotatable bonds is 6. The molecule has 1 aromatic carbocycles. The number of fused-ring (bicyclic) bond motifs is 1. The third-order valence-corrected chi connectivity index (χ3v) is 3.90. The Labute approximate surface area is 144 Å². The van der Waals surface area contributed by atoms with E-state index in [0.29, 0.717) is 17.6 Å². The van der Waals surface area contributed by atoms with Crippen LogP contribution in [0.25, 0.3) is 11.0 Å². The minimum absolute atomic E-state index is 0.352. The molecule has 1 aliphatic carbocycles. The molecule has 0 unspecified atom stereocenters. The molecule has 1 saturated carbocycles. The van der Waals surface area contributed by atoms with Crippen LogP contribution in [-0.2, 0) is 0 Å². The lowest BCUT2D eigenvalue weighted by atomic mass is 10.3. The highest BCUT2D eigenvalue weighted by Crippen LogP contribution is 2.39. The Morgan fingerprint density at radius 2 is 2.24 bits per heavy atom. The summed E-state index contributed by atoms with van der Waals surface area (Å²) in [5, 5.41) is 10.2.